The zero-order valence-corrected chi connectivity index (χ0v) is 16.9. The monoisotopic (exact) mass is 428 g/mol. The van der Waals surface area contributed by atoms with E-state index in [1.54, 1.807) is 11.2 Å². The molecule has 2 amide bonds. The van der Waals surface area contributed by atoms with Gasteiger partial charge in [0.1, 0.15) is 6.54 Å². The minimum atomic E-state index is -4.46. The fourth-order valence-electron chi connectivity index (χ4n) is 3.19. The normalized spacial score (nSPS) is 29.7. The molecule has 0 spiro atoms. The molecule has 0 aromatic rings. The van der Waals surface area contributed by atoms with Crippen LogP contribution in [0.15, 0.2) is 40.3 Å². The van der Waals surface area contributed by atoms with E-state index < -0.39 is 30.5 Å². The van der Waals surface area contributed by atoms with Crippen LogP contribution in [0.4, 0.5) is 13.2 Å². The number of hydrogen-bond donors (Lipinski definition) is 4. The number of amides is 2. The highest BCUT2D eigenvalue weighted by Gasteiger charge is 2.34. The molecule has 2 rings (SSSR count). The van der Waals surface area contributed by atoms with E-state index in [0.29, 0.717) is 25.0 Å². The molecule has 1 unspecified atom stereocenters. The molecular weight excluding hydrogens is 401 g/mol. The van der Waals surface area contributed by atoms with Crippen molar-refractivity contribution in [2.45, 2.75) is 45.3 Å². The maximum absolute atomic E-state index is 12.4. The van der Waals surface area contributed by atoms with Gasteiger partial charge in [0.15, 0.2) is 0 Å². The molecule has 0 aliphatic carbocycles. The number of nitrogens with zero attached hydrogens (tertiary/aromatic N) is 2. The molecule has 166 valence electrons. The molecule has 8 nitrogen and oxygen atoms in total. The molecule has 1 fully saturated rings. The summed E-state index contributed by atoms with van der Waals surface area (Å²) < 4.78 is 37.2. The Labute approximate surface area is 173 Å². The molecule has 11 heteroatoms. The lowest BCUT2D eigenvalue weighted by Crippen LogP contribution is -2.53. The average Bonchev–Trinajstić information content (AvgIpc) is 2.67. The first kappa shape index (κ1) is 23.5. The SMILES string of the molecule is C\C1=C(NN2CC(C(=O)NCC(F)(F)F)CC[C@@H]2C)/C(C(N)=O)=C\N=C\N/C=C\C1. The van der Waals surface area contributed by atoms with E-state index in [-0.39, 0.29) is 18.2 Å². The lowest BCUT2D eigenvalue weighted by Gasteiger charge is -2.39. The fraction of sp³-hybridized carbons (Fsp3) is 0.526. The standard InChI is InChI=1S/C19H27F3N6O2/c1-12-4-3-7-24-11-25-8-15(17(23)29)16(12)27-28-9-14(6-5-13(28)2)18(30)26-10-19(20,21)22/h3,7-8,11,13-14,27H,4-6,9-10H2,1-2H3,(H2,23,29)(H,24,25)(H,26,30)/b7-3-,15-8+,16-12-/t13-,14?/m0/s1. The van der Waals surface area contributed by atoms with E-state index >= 15 is 0 Å². The first-order valence-corrected chi connectivity index (χ1v) is 9.59. The van der Waals surface area contributed by atoms with Crippen LogP contribution in [0, 0.1) is 5.92 Å². The van der Waals surface area contributed by atoms with Gasteiger partial charge >= 0.3 is 6.18 Å². The second-order valence-corrected chi connectivity index (χ2v) is 7.33. The van der Waals surface area contributed by atoms with E-state index in [0.717, 1.165) is 5.57 Å². The van der Waals surface area contributed by atoms with E-state index in [2.05, 4.69) is 15.7 Å². The maximum atomic E-state index is 12.4. The van der Waals surface area contributed by atoms with Crippen molar-refractivity contribution in [1.29, 1.82) is 0 Å². The molecule has 0 saturated carbocycles. The van der Waals surface area contributed by atoms with Crippen LogP contribution in [0.2, 0.25) is 0 Å². The third kappa shape index (κ3) is 6.90. The van der Waals surface area contributed by atoms with Crippen molar-refractivity contribution in [2.24, 2.45) is 16.6 Å². The minimum absolute atomic E-state index is 0.0118. The van der Waals surface area contributed by atoms with Gasteiger partial charge in [-0.3, -0.25) is 9.59 Å². The van der Waals surface area contributed by atoms with Crippen LogP contribution in [-0.4, -0.2) is 48.5 Å². The Morgan fingerprint density at radius 2 is 2.10 bits per heavy atom. The summed E-state index contributed by atoms with van der Waals surface area (Å²) in [5.74, 6) is -1.94. The van der Waals surface area contributed by atoms with Crippen LogP contribution in [0.5, 0.6) is 0 Å². The van der Waals surface area contributed by atoms with Crippen molar-refractivity contribution in [2.75, 3.05) is 13.1 Å². The van der Waals surface area contributed by atoms with Crippen LogP contribution in [0.3, 0.4) is 0 Å². The van der Waals surface area contributed by atoms with E-state index in [4.69, 9.17) is 5.73 Å². The molecule has 30 heavy (non-hydrogen) atoms. The van der Waals surface area contributed by atoms with Gasteiger partial charge in [0.25, 0.3) is 5.91 Å². The summed E-state index contributed by atoms with van der Waals surface area (Å²) in [6.45, 7) is 2.59. The quantitative estimate of drug-likeness (QED) is 0.530. The van der Waals surface area contributed by atoms with E-state index in [9.17, 15) is 22.8 Å². The van der Waals surface area contributed by atoms with E-state index in [1.807, 2.05) is 25.2 Å². The number of halogens is 3. The second-order valence-electron chi connectivity index (χ2n) is 7.33. The van der Waals surface area contributed by atoms with Crippen LogP contribution in [-0.2, 0) is 9.59 Å². The molecule has 0 aromatic heterocycles. The van der Waals surface area contributed by atoms with Gasteiger partial charge in [0.2, 0.25) is 5.91 Å². The molecule has 2 aliphatic heterocycles. The molecule has 1 saturated heterocycles. The zero-order valence-electron chi connectivity index (χ0n) is 16.9. The number of nitrogens with one attached hydrogen (secondary N) is 3. The molecule has 5 N–H and O–H groups in total. The Hall–Kier alpha value is -2.82. The predicted octanol–water partition coefficient (Wildman–Crippen LogP) is 1.45. The van der Waals surface area contributed by atoms with Crippen molar-refractivity contribution in [3.8, 4) is 0 Å². The Kier molecular flexibility index (Phi) is 8.04. The number of hydrazine groups is 1. The van der Waals surface area contributed by atoms with Gasteiger partial charge in [-0.15, -0.1) is 0 Å². The highest BCUT2D eigenvalue weighted by molar-refractivity contribution is 5.96. The number of carbonyl (C=O) groups is 2. The van der Waals surface area contributed by atoms with Gasteiger partial charge in [-0.05, 0) is 44.9 Å². The molecule has 0 radical (unpaired) electrons. The first-order valence-electron chi connectivity index (χ1n) is 9.59. The number of aliphatic imine (C=N–C) groups is 1. The lowest BCUT2D eigenvalue weighted by molar-refractivity contribution is -0.142. The summed E-state index contributed by atoms with van der Waals surface area (Å²) in [6.07, 6.45) is 3.42. The van der Waals surface area contributed by atoms with Gasteiger partial charge < -0.3 is 21.8 Å². The van der Waals surface area contributed by atoms with Crippen molar-refractivity contribution in [3.63, 3.8) is 0 Å². The molecule has 2 atom stereocenters. The number of piperidine rings is 1. The Morgan fingerprint density at radius 1 is 1.37 bits per heavy atom. The third-order valence-electron chi connectivity index (χ3n) is 4.92. The summed E-state index contributed by atoms with van der Waals surface area (Å²) in [7, 11) is 0. The molecule has 2 aliphatic rings. The summed E-state index contributed by atoms with van der Waals surface area (Å²) in [6, 6.07) is -0.0118. The van der Waals surface area contributed by atoms with Crippen molar-refractivity contribution < 1.29 is 22.8 Å². The topological polar surface area (TPSA) is 112 Å². The van der Waals surface area contributed by atoms with Gasteiger partial charge in [-0.2, -0.15) is 13.2 Å². The zero-order chi connectivity index (χ0) is 22.3. The number of hydrogen-bond acceptors (Lipinski definition) is 6. The highest BCUT2D eigenvalue weighted by Crippen LogP contribution is 2.24. The minimum Gasteiger partial charge on any atom is -0.365 e. The van der Waals surface area contributed by atoms with Gasteiger partial charge in [-0.25, -0.2) is 10.0 Å². The summed E-state index contributed by atoms with van der Waals surface area (Å²) in [4.78, 5) is 28.2. The fourth-order valence-corrected chi connectivity index (χ4v) is 3.19. The number of nitrogens with two attached hydrogens (primary N) is 1. The molecular formula is C19H27F3N6O2. The van der Waals surface area contributed by atoms with Crippen LogP contribution < -0.4 is 21.8 Å². The highest BCUT2D eigenvalue weighted by atomic mass is 19.4. The van der Waals surface area contributed by atoms with Crippen LogP contribution >= 0.6 is 0 Å². The number of alkyl halides is 3. The van der Waals surface area contributed by atoms with Gasteiger partial charge in [0.05, 0.1) is 23.5 Å². The third-order valence-corrected chi connectivity index (χ3v) is 4.92. The number of allylic oxidation sites excluding steroid dienone is 2. The smallest absolute Gasteiger partial charge is 0.365 e. The molecule has 0 aromatic carbocycles. The van der Waals surface area contributed by atoms with Gasteiger partial charge in [0, 0.05) is 18.8 Å². The number of rotatable bonds is 5. The Balaban J connectivity index is 2.20. The largest absolute Gasteiger partial charge is 0.405 e. The Morgan fingerprint density at radius 3 is 2.77 bits per heavy atom. The summed E-state index contributed by atoms with van der Waals surface area (Å²) in [5, 5.41) is 6.54. The van der Waals surface area contributed by atoms with Gasteiger partial charge in [-0.1, -0.05) is 6.08 Å². The number of carbonyl (C=O) groups excluding carboxylic acids is 2. The summed E-state index contributed by atoms with van der Waals surface area (Å²) >= 11 is 0. The average molecular weight is 428 g/mol. The van der Waals surface area contributed by atoms with E-state index in [1.165, 1.54) is 12.5 Å². The van der Waals surface area contributed by atoms with Crippen molar-refractivity contribution in [3.05, 3.63) is 35.3 Å². The maximum Gasteiger partial charge on any atom is 0.405 e. The molecule has 2 heterocycles. The summed E-state index contributed by atoms with van der Waals surface area (Å²) in [5.41, 5.74) is 10.2. The lowest BCUT2D eigenvalue weighted by atomic mass is 9.94. The second kappa shape index (κ2) is 10.3. The number of primary amides is 1. The Bertz CT molecular complexity index is 773. The molecule has 0 bridgehead atoms. The first-order chi connectivity index (χ1) is 14.1. The van der Waals surface area contributed by atoms with Crippen molar-refractivity contribution in [1.82, 2.24) is 21.1 Å². The van der Waals surface area contributed by atoms with Crippen molar-refractivity contribution >= 4 is 18.2 Å². The van der Waals surface area contributed by atoms with Crippen LogP contribution in [0.25, 0.3) is 0 Å². The van der Waals surface area contributed by atoms with Crippen LogP contribution in [0.1, 0.15) is 33.1 Å². The predicted molar refractivity (Wildman–Crippen MR) is 106 cm³/mol.